The minimum absolute atomic E-state index is 0. The zero-order valence-corrected chi connectivity index (χ0v) is 5.85. The molecule has 0 saturated carbocycles. The van der Waals surface area contributed by atoms with Crippen molar-refractivity contribution in [3.05, 3.63) is 0 Å². The zero-order valence-electron chi connectivity index (χ0n) is 5.85. The highest BCUT2D eigenvalue weighted by Crippen LogP contribution is 2.00. The van der Waals surface area contributed by atoms with Gasteiger partial charge in [0.25, 0.3) is 6.92 Å². The number of unbranched alkanes of at least 4 members (excludes halogenated alkanes) is 2. The summed E-state index contributed by atoms with van der Waals surface area (Å²) in [5.74, 6) is 0. The van der Waals surface area contributed by atoms with Crippen molar-refractivity contribution < 1.29 is 5.02 Å². The molecule has 0 aromatic rings. The predicted molar refractivity (Wildman–Crippen MR) is 51.6 cm³/mol. The molecule has 0 atom stereocenters. The second-order valence-corrected chi connectivity index (χ2v) is 2.34. The van der Waals surface area contributed by atoms with Crippen molar-refractivity contribution in [1.82, 2.24) is 0 Å². The molecule has 0 aromatic carbocycles. The molecule has 0 unspecified atom stereocenters. The van der Waals surface area contributed by atoms with Crippen LogP contribution in [0.15, 0.2) is 0 Å². The van der Waals surface area contributed by atoms with Crippen molar-refractivity contribution in [2.75, 3.05) is 0 Å². The molecule has 2 heteroatoms. The molecule has 0 saturated heterocycles. The Bertz CT molecular complexity index is 46.5. The Balaban J connectivity index is -0.000000245. The first-order chi connectivity index (χ1) is 3.77. The quantitative estimate of drug-likeness (QED) is 0.477. The Morgan fingerprint density at radius 2 is 1.70 bits per heavy atom. The highest BCUT2D eigenvalue weighted by atomic mass is 16.2. The molecule has 0 aromatic heterocycles. The highest BCUT2D eigenvalue weighted by Gasteiger charge is 1.98. The van der Waals surface area contributed by atoms with Gasteiger partial charge >= 0.3 is 0 Å². The van der Waals surface area contributed by atoms with Gasteiger partial charge in [-0.25, -0.2) is 0 Å². The third-order valence-electron chi connectivity index (χ3n) is 1.23. The van der Waals surface area contributed by atoms with E-state index in [9.17, 15) is 0 Å². The molecule has 0 heterocycles. The van der Waals surface area contributed by atoms with Crippen LogP contribution in [-0.4, -0.2) is 11.9 Å². The number of hydrogen-bond acceptors (Lipinski definition) is 1. The average Bonchev–Trinajstić information content (AvgIpc) is 1.66. The van der Waals surface area contributed by atoms with Gasteiger partial charge in [0.2, 0.25) is 0 Å². The Hall–Kier alpha value is 0.0249. The summed E-state index contributed by atoms with van der Waals surface area (Å²) in [5, 5.41) is 8.78. The van der Waals surface area contributed by atoms with Crippen LogP contribution in [0.5, 0.6) is 0 Å². The first kappa shape index (κ1) is 16.5. The van der Waals surface area contributed by atoms with E-state index in [0.29, 0.717) is 0 Å². The van der Waals surface area contributed by atoms with Crippen molar-refractivity contribution in [2.24, 2.45) is 0 Å². The van der Waals surface area contributed by atoms with E-state index in [2.05, 4.69) is 6.92 Å². The van der Waals surface area contributed by atoms with Crippen LogP contribution in [0.4, 0.5) is 0 Å². The van der Waals surface area contributed by atoms with Crippen LogP contribution < -0.4 is 0 Å². The van der Waals surface area contributed by atoms with Crippen molar-refractivity contribution in [2.45, 2.75) is 54.2 Å². The molecule has 10 heavy (non-hydrogen) atoms. The van der Waals surface area contributed by atoms with Gasteiger partial charge in [0.15, 0.2) is 0 Å². The number of rotatable bonds is 4. The number of hydrogen-bond donors (Lipinski definition) is 1. The maximum atomic E-state index is 8.78. The minimum atomic E-state index is -0.0958. The van der Waals surface area contributed by atoms with Crippen LogP contribution in [0.2, 0.25) is 13.1 Å². The zero-order chi connectivity index (χ0) is 6.41. The van der Waals surface area contributed by atoms with E-state index < -0.39 is 0 Å². The van der Waals surface area contributed by atoms with Crippen molar-refractivity contribution in [1.29, 1.82) is 0 Å². The summed E-state index contributed by atoms with van der Waals surface area (Å²) in [4.78, 5) is 0. The highest BCUT2D eigenvalue weighted by molar-refractivity contribution is 6.48. The first-order valence-corrected chi connectivity index (χ1v) is 3.45. The molecular weight excluding hydrogens is 123 g/mol. The van der Waals surface area contributed by atoms with E-state index in [-0.39, 0.29) is 21.8 Å². The normalized spacial score (nSPS) is 7.50. The molecule has 0 radical (unpaired) electrons. The molecule has 1 N–H and O–H groups in total. The van der Waals surface area contributed by atoms with Gasteiger partial charge in [-0.15, -0.1) is 0 Å². The Morgan fingerprint density at radius 3 is 2.00 bits per heavy atom. The van der Waals surface area contributed by atoms with Gasteiger partial charge in [0, 0.05) is 0 Å². The van der Waals surface area contributed by atoms with Crippen LogP contribution in [0, 0.1) is 0 Å². The van der Waals surface area contributed by atoms with Crippen molar-refractivity contribution in [3.63, 3.8) is 0 Å². The molecule has 0 rings (SSSR count). The molecule has 0 bridgehead atoms. The lowest BCUT2D eigenvalue weighted by atomic mass is 9.67. The van der Waals surface area contributed by atoms with E-state index in [1.807, 2.05) is 6.82 Å². The summed E-state index contributed by atoms with van der Waals surface area (Å²) in [6.45, 7) is 3.92. The average molecular weight is 146 g/mol. The molecule has 0 aliphatic rings. The maximum absolute atomic E-state index is 8.78. The van der Waals surface area contributed by atoms with E-state index >= 15 is 0 Å². The second kappa shape index (κ2) is 11.8. The molecule has 0 amide bonds. The molecule has 0 aliphatic heterocycles. The van der Waals surface area contributed by atoms with Crippen LogP contribution in [0.3, 0.4) is 0 Å². The topological polar surface area (TPSA) is 20.2 Å². The smallest absolute Gasteiger partial charge is 0.285 e. The Kier molecular flexibility index (Phi) is 19.5. The summed E-state index contributed by atoms with van der Waals surface area (Å²) >= 11 is 0. The monoisotopic (exact) mass is 146 g/mol. The van der Waals surface area contributed by atoms with Gasteiger partial charge in [-0.1, -0.05) is 47.9 Å². The van der Waals surface area contributed by atoms with Gasteiger partial charge in [0.1, 0.15) is 0 Å². The van der Waals surface area contributed by atoms with Gasteiger partial charge < -0.3 is 5.02 Å². The standard InChI is InChI=1S/C6H15BO.2CH4/c1-3-4-5-6-7(2)8;;/h8H,3-6H2,1-2H3;2*1H4. The molecule has 0 spiro atoms. The van der Waals surface area contributed by atoms with Crippen LogP contribution >= 0.6 is 0 Å². The lowest BCUT2D eigenvalue weighted by Gasteiger charge is -1.96. The van der Waals surface area contributed by atoms with Crippen LogP contribution in [0.25, 0.3) is 0 Å². The summed E-state index contributed by atoms with van der Waals surface area (Å²) in [6, 6.07) is 0. The molecule has 0 fully saturated rings. The van der Waals surface area contributed by atoms with E-state index in [1.54, 1.807) is 0 Å². The van der Waals surface area contributed by atoms with Gasteiger partial charge in [-0.3, -0.25) is 0 Å². The third-order valence-corrected chi connectivity index (χ3v) is 1.23. The first-order valence-electron chi connectivity index (χ1n) is 3.45. The van der Waals surface area contributed by atoms with Crippen molar-refractivity contribution in [3.8, 4) is 0 Å². The summed E-state index contributed by atoms with van der Waals surface area (Å²) in [5.41, 5.74) is 0. The fraction of sp³-hybridized carbons (Fsp3) is 1.00. The third kappa shape index (κ3) is 15.7. The minimum Gasteiger partial charge on any atom is -0.451 e. The SMILES string of the molecule is C.C.CCCCCB(C)O. The summed E-state index contributed by atoms with van der Waals surface area (Å²) in [6.07, 6.45) is 4.64. The lowest BCUT2D eigenvalue weighted by Crippen LogP contribution is -2.03. The fourth-order valence-electron chi connectivity index (χ4n) is 0.690. The van der Waals surface area contributed by atoms with Gasteiger partial charge in [0.05, 0.1) is 0 Å². The van der Waals surface area contributed by atoms with Crippen LogP contribution in [0.1, 0.15) is 41.0 Å². The lowest BCUT2D eigenvalue weighted by molar-refractivity contribution is 0.568. The van der Waals surface area contributed by atoms with Crippen LogP contribution in [-0.2, 0) is 0 Å². The maximum Gasteiger partial charge on any atom is 0.285 e. The van der Waals surface area contributed by atoms with Crippen molar-refractivity contribution >= 4 is 6.92 Å². The molecular formula is C8H23BO. The predicted octanol–water partition coefficient (Wildman–Crippen LogP) is 3.06. The Labute approximate surface area is 67.0 Å². The van der Waals surface area contributed by atoms with E-state index in [1.165, 1.54) is 19.3 Å². The fourth-order valence-corrected chi connectivity index (χ4v) is 0.690. The second-order valence-electron chi connectivity index (χ2n) is 2.34. The summed E-state index contributed by atoms with van der Waals surface area (Å²) < 4.78 is 0. The summed E-state index contributed by atoms with van der Waals surface area (Å²) in [7, 11) is 0. The molecule has 1 nitrogen and oxygen atoms in total. The van der Waals surface area contributed by atoms with Gasteiger partial charge in [-0.05, 0) is 6.32 Å². The molecule has 0 aliphatic carbocycles. The Morgan fingerprint density at radius 1 is 1.20 bits per heavy atom. The van der Waals surface area contributed by atoms with E-state index in [4.69, 9.17) is 5.02 Å². The van der Waals surface area contributed by atoms with E-state index in [0.717, 1.165) is 6.32 Å². The molecule has 64 valence electrons. The largest absolute Gasteiger partial charge is 0.451 e. The van der Waals surface area contributed by atoms with Gasteiger partial charge in [-0.2, -0.15) is 0 Å².